The number of pyridine rings is 1. The zero-order chi connectivity index (χ0) is 28.4. The molecule has 1 N–H and O–H groups in total. The molecule has 4 heterocycles. The summed E-state index contributed by atoms with van der Waals surface area (Å²) < 4.78 is 3.55. The summed E-state index contributed by atoms with van der Waals surface area (Å²) in [6.45, 7) is 9.78. The van der Waals surface area contributed by atoms with E-state index in [2.05, 4.69) is 27.5 Å². The van der Waals surface area contributed by atoms with Crippen LogP contribution in [0.3, 0.4) is 0 Å². The first-order valence-corrected chi connectivity index (χ1v) is 13.8. The van der Waals surface area contributed by atoms with Crippen LogP contribution in [0.5, 0.6) is 0 Å². The lowest BCUT2D eigenvalue weighted by Crippen LogP contribution is -2.36. The van der Waals surface area contributed by atoms with Gasteiger partial charge in [-0.15, -0.1) is 5.10 Å². The number of amides is 1. The largest absolute Gasteiger partial charge is 0.481 e. The summed E-state index contributed by atoms with van der Waals surface area (Å²) in [6.07, 6.45) is 2.52. The van der Waals surface area contributed by atoms with Crippen molar-refractivity contribution >= 4 is 28.4 Å². The lowest BCUT2D eigenvalue weighted by atomic mass is 9.83. The SMILES string of the molecule is CC.CCn1nnc2c(C)c(C(CC(=O)O)c3ccc4c(c3)CN(C(=O)c3cc5ccccn5n3)CC4)ccc21. The fraction of sp³-hybridized carbons (Fsp3) is 0.323. The maximum Gasteiger partial charge on any atom is 0.304 e. The highest BCUT2D eigenvalue weighted by molar-refractivity contribution is 5.93. The average Bonchev–Trinajstić information content (AvgIpc) is 3.61. The van der Waals surface area contributed by atoms with Gasteiger partial charge in [-0.25, -0.2) is 9.20 Å². The molecular weight excluding hydrogens is 504 g/mol. The molecule has 9 nitrogen and oxygen atoms in total. The second-order valence-corrected chi connectivity index (χ2v) is 9.81. The summed E-state index contributed by atoms with van der Waals surface area (Å²) in [5, 5.41) is 22.8. The van der Waals surface area contributed by atoms with E-state index in [1.54, 1.807) is 4.52 Å². The normalized spacial score (nSPS) is 13.6. The van der Waals surface area contributed by atoms with Crippen LogP contribution in [0.2, 0.25) is 0 Å². The Bertz CT molecular complexity index is 1670. The Morgan fingerprint density at radius 1 is 1.05 bits per heavy atom. The van der Waals surface area contributed by atoms with Crippen LogP contribution in [-0.2, 0) is 24.3 Å². The molecule has 9 heteroatoms. The number of aromatic nitrogens is 5. The first kappa shape index (κ1) is 27.1. The number of hydrogen-bond donors (Lipinski definition) is 1. The molecule has 0 saturated carbocycles. The van der Waals surface area contributed by atoms with Crippen LogP contribution in [0, 0.1) is 6.92 Å². The molecule has 1 unspecified atom stereocenters. The van der Waals surface area contributed by atoms with Crippen molar-refractivity contribution in [1.29, 1.82) is 0 Å². The lowest BCUT2D eigenvalue weighted by molar-refractivity contribution is -0.137. The van der Waals surface area contributed by atoms with Gasteiger partial charge in [-0.3, -0.25) is 9.59 Å². The predicted molar refractivity (Wildman–Crippen MR) is 153 cm³/mol. The molecule has 5 aromatic rings. The first-order chi connectivity index (χ1) is 19.4. The molecule has 1 atom stereocenters. The molecule has 0 spiro atoms. The van der Waals surface area contributed by atoms with E-state index in [4.69, 9.17) is 0 Å². The van der Waals surface area contributed by atoms with Crippen molar-refractivity contribution in [2.24, 2.45) is 0 Å². The summed E-state index contributed by atoms with van der Waals surface area (Å²) in [6, 6.07) is 17.7. The third-order valence-electron chi connectivity index (χ3n) is 7.56. The molecule has 0 fully saturated rings. The molecule has 3 aromatic heterocycles. The van der Waals surface area contributed by atoms with Crippen molar-refractivity contribution in [3.05, 3.63) is 94.3 Å². The Hall–Kier alpha value is -4.53. The minimum absolute atomic E-state index is 0.0447. The number of hydrogen-bond acceptors (Lipinski definition) is 5. The van der Waals surface area contributed by atoms with Crippen molar-refractivity contribution in [1.82, 2.24) is 29.5 Å². The quantitative estimate of drug-likeness (QED) is 0.317. The van der Waals surface area contributed by atoms with E-state index in [1.165, 1.54) is 5.56 Å². The lowest BCUT2D eigenvalue weighted by Gasteiger charge is -2.29. The van der Waals surface area contributed by atoms with Crippen molar-refractivity contribution in [3.63, 3.8) is 0 Å². The summed E-state index contributed by atoms with van der Waals surface area (Å²) >= 11 is 0. The third kappa shape index (κ3) is 4.95. The fourth-order valence-corrected chi connectivity index (χ4v) is 5.55. The van der Waals surface area contributed by atoms with E-state index >= 15 is 0 Å². The van der Waals surface area contributed by atoms with Crippen molar-refractivity contribution in [2.45, 2.75) is 59.5 Å². The monoisotopic (exact) mass is 538 g/mol. The van der Waals surface area contributed by atoms with Crippen molar-refractivity contribution in [2.75, 3.05) is 6.54 Å². The Labute approximate surface area is 233 Å². The number of aliphatic carboxylic acids is 1. The van der Waals surface area contributed by atoms with Gasteiger partial charge in [0.15, 0.2) is 5.69 Å². The van der Waals surface area contributed by atoms with Gasteiger partial charge in [-0.2, -0.15) is 5.10 Å². The molecule has 206 valence electrons. The molecule has 2 aromatic carbocycles. The molecular formula is C31H34N6O3. The van der Waals surface area contributed by atoms with Crippen LogP contribution in [0.25, 0.3) is 16.6 Å². The number of carbonyl (C=O) groups is 2. The van der Waals surface area contributed by atoms with E-state index < -0.39 is 5.97 Å². The zero-order valence-electron chi connectivity index (χ0n) is 23.3. The number of carbonyl (C=O) groups excluding carboxylic acids is 1. The third-order valence-corrected chi connectivity index (χ3v) is 7.56. The molecule has 0 bridgehead atoms. The van der Waals surface area contributed by atoms with E-state index in [9.17, 15) is 14.7 Å². The average molecular weight is 539 g/mol. The van der Waals surface area contributed by atoms with Gasteiger partial charge in [0, 0.05) is 31.7 Å². The molecule has 0 saturated heterocycles. The van der Waals surface area contributed by atoms with Gasteiger partial charge in [0.25, 0.3) is 5.91 Å². The second kappa shape index (κ2) is 11.3. The number of aryl methyl sites for hydroxylation is 2. The minimum Gasteiger partial charge on any atom is -0.481 e. The standard InChI is InChI=1S/C29H28N6O3.C2H6/c1-3-34-26-10-9-23(18(2)28(26)30-32-34)24(16-27(36)37)20-8-7-19-11-13-33(17-21(19)14-20)29(38)25-15-22-6-4-5-12-35(22)31-25;1-2/h4-10,12,14-15,24H,3,11,13,16-17H2,1-2H3,(H,36,37);1-2H3. The van der Waals surface area contributed by atoms with Crippen LogP contribution in [-0.4, -0.2) is 53.0 Å². The molecule has 0 radical (unpaired) electrons. The van der Waals surface area contributed by atoms with Crippen molar-refractivity contribution in [3.8, 4) is 0 Å². The summed E-state index contributed by atoms with van der Waals surface area (Å²) in [4.78, 5) is 27.1. The molecule has 1 aliphatic rings. The summed E-state index contributed by atoms with van der Waals surface area (Å²) in [5.74, 6) is -1.32. The molecule has 0 aliphatic carbocycles. The van der Waals surface area contributed by atoms with Crippen LogP contribution in [0.4, 0.5) is 0 Å². The van der Waals surface area contributed by atoms with Gasteiger partial charge in [0.1, 0.15) is 5.52 Å². The summed E-state index contributed by atoms with van der Waals surface area (Å²) in [7, 11) is 0. The molecule has 1 aliphatic heterocycles. The summed E-state index contributed by atoms with van der Waals surface area (Å²) in [5.41, 5.74) is 8.03. The Kier molecular flexibility index (Phi) is 7.64. The number of carboxylic acid groups (broad SMARTS) is 1. The topological polar surface area (TPSA) is 106 Å². The van der Waals surface area contributed by atoms with E-state index in [1.807, 2.05) is 85.9 Å². The van der Waals surface area contributed by atoms with E-state index in [0.29, 0.717) is 25.3 Å². The zero-order valence-corrected chi connectivity index (χ0v) is 23.3. The first-order valence-electron chi connectivity index (χ1n) is 13.8. The van der Waals surface area contributed by atoms with Gasteiger partial charge < -0.3 is 10.0 Å². The Morgan fingerprint density at radius 3 is 2.62 bits per heavy atom. The maximum atomic E-state index is 13.3. The highest BCUT2D eigenvalue weighted by Crippen LogP contribution is 2.35. The van der Waals surface area contributed by atoms with Gasteiger partial charge in [-0.1, -0.05) is 49.4 Å². The van der Waals surface area contributed by atoms with Gasteiger partial charge >= 0.3 is 5.97 Å². The number of fused-ring (bicyclic) bond motifs is 3. The highest BCUT2D eigenvalue weighted by atomic mass is 16.4. The minimum atomic E-state index is -0.868. The number of carboxylic acids is 1. The number of rotatable bonds is 6. The fourth-order valence-electron chi connectivity index (χ4n) is 5.55. The molecule has 40 heavy (non-hydrogen) atoms. The van der Waals surface area contributed by atoms with E-state index in [-0.39, 0.29) is 18.2 Å². The van der Waals surface area contributed by atoms with E-state index in [0.717, 1.165) is 45.2 Å². The second-order valence-electron chi connectivity index (χ2n) is 9.81. The Morgan fingerprint density at radius 2 is 1.88 bits per heavy atom. The van der Waals surface area contributed by atoms with Gasteiger partial charge in [0.2, 0.25) is 0 Å². The number of nitrogens with zero attached hydrogens (tertiary/aromatic N) is 6. The predicted octanol–water partition coefficient (Wildman–Crippen LogP) is 5.24. The maximum absolute atomic E-state index is 13.3. The smallest absolute Gasteiger partial charge is 0.304 e. The van der Waals surface area contributed by atoms with Gasteiger partial charge in [-0.05, 0) is 72.4 Å². The van der Waals surface area contributed by atoms with Crippen molar-refractivity contribution < 1.29 is 14.7 Å². The highest BCUT2D eigenvalue weighted by Gasteiger charge is 2.27. The molecule has 1 amide bonds. The van der Waals surface area contributed by atoms with Crippen LogP contribution in [0.15, 0.2) is 60.8 Å². The number of benzene rings is 2. The van der Waals surface area contributed by atoms with Crippen LogP contribution < -0.4 is 0 Å². The van der Waals surface area contributed by atoms with Gasteiger partial charge in [0.05, 0.1) is 17.5 Å². The Balaban J connectivity index is 0.00000158. The molecule has 6 rings (SSSR count). The van der Waals surface area contributed by atoms with Crippen LogP contribution >= 0.6 is 0 Å². The van der Waals surface area contributed by atoms with Crippen LogP contribution in [0.1, 0.15) is 71.4 Å².